The lowest BCUT2D eigenvalue weighted by Crippen LogP contribution is -1.99. The van der Waals surface area contributed by atoms with Crippen LogP contribution in [0.5, 0.6) is 0 Å². The Kier molecular flexibility index (Phi) is 3.92. The van der Waals surface area contributed by atoms with Gasteiger partial charge in [-0.2, -0.15) is 0 Å². The van der Waals surface area contributed by atoms with Crippen LogP contribution in [-0.2, 0) is 0 Å². The van der Waals surface area contributed by atoms with Crippen LogP contribution in [0.25, 0.3) is 17.1 Å². The minimum absolute atomic E-state index is 0.0101. The van der Waals surface area contributed by atoms with Crippen molar-refractivity contribution >= 4 is 17.6 Å². The molecule has 0 radical (unpaired) electrons. The molecule has 0 spiro atoms. The molecule has 4 nitrogen and oxygen atoms in total. The summed E-state index contributed by atoms with van der Waals surface area (Å²) >= 11 is 6.02. The molecule has 1 aromatic heterocycles. The van der Waals surface area contributed by atoms with Crippen LogP contribution >= 0.6 is 11.6 Å². The number of aromatic carboxylic acids is 1. The molecule has 0 unspecified atom stereocenters. The number of benzene rings is 2. The van der Waals surface area contributed by atoms with Crippen molar-refractivity contribution in [3.63, 3.8) is 0 Å². The Hall–Kier alpha value is -2.59. The normalized spacial score (nSPS) is 10.7. The topological polar surface area (TPSA) is 55.1 Å². The Morgan fingerprint density at radius 3 is 2.61 bits per heavy atom. The molecule has 0 fully saturated rings. The van der Waals surface area contributed by atoms with Crippen molar-refractivity contribution in [2.45, 2.75) is 13.8 Å². The Morgan fingerprint density at radius 1 is 1.17 bits per heavy atom. The van der Waals surface area contributed by atoms with Crippen molar-refractivity contribution in [3.8, 4) is 17.1 Å². The molecule has 3 aromatic rings. The van der Waals surface area contributed by atoms with E-state index in [0.29, 0.717) is 10.8 Å². The van der Waals surface area contributed by atoms with Gasteiger partial charge < -0.3 is 5.11 Å². The van der Waals surface area contributed by atoms with Gasteiger partial charge >= 0.3 is 5.97 Å². The number of aromatic nitrogens is 2. The number of hydrogen-bond acceptors (Lipinski definition) is 2. The molecule has 0 amide bonds. The van der Waals surface area contributed by atoms with E-state index >= 15 is 0 Å². The number of carboxylic acid groups (broad SMARTS) is 1. The van der Waals surface area contributed by atoms with Crippen molar-refractivity contribution < 1.29 is 9.90 Å². The molecule has 5 heteroatoms. The molecule has 2 aromatic carbocycles. The molecular formula is C18H15ClN2O2. The maximum atomic E-state index is 11.3. The van der Waals surface area contributed by atoms with Gasteiger partial charge in [0.15, 0.2) is 5.69 Å². The highest BCUT2D eigenvalue weighted by Gasteiger charge is 2.17. The summed E-state index contributed by atoms with van der Waals surface area (Å²) in [5.41, 5.74) is 3.76. The molecule has 3 rings (SSSR count). The summed E-state index contributed by atoms with van der Waals surface area (Å²) in [6.45, 7) is 3.92. The predicted molar refractivity (Wildman–Crippen MR) is 90.4 cm³/mol. The second-order valence-corrected chi connectivity index (χ2v) is 5.86. The zero-order chi connectivity index (χ0) is 16.6. The fourth-order valence-electron chi connectivity index (χ4n) is 2.54. The van der Waals surface area contributed by atoms with E-state index < -0.39 is 5.97 Å². The van der Waals surface area contributed by atoms with E-state index in [4.69, 9.17) is 11.6 Å². The molecular weight excluding hydrogens is 312 g/mol. The van der Waals surface area contributed by atoms with E-state index in [2.05, 4.69) is 4.98 Å². The zero-order valence-corrected chi connectivity index (χ0v) is 13.5. The summed E-state index contributed by atoms with van der Waals surface area (Å²) in [6.07, 6.45) is 1.54. The third-order valence-electron chi connectivity index (χ3n) is 3.62. The number of nitrogens with zero attached hydrogens (tertiary/aromatic N) is 2. The third-order valence-corrected chi connectivity index (χ3v) is 3.85. The number of imidazole rings is 1. The number of hydrogen-bond donors (Lipinski definition) is 1. The average Bonchev–Trinajstić information content (AvgIpc) is 2.92. The molecule has 0 aliphatic rings. The van der Waals surface area contributed by atoms with Crippen LogP contribution in [0.3, 0.4) is 0 Å². The van der Waals surface area contributed by atoms with E-state index in [9.17, 15) is 9.90 Å². The van der Waals surface area contributed by atoms with Crippen molar-refractivity contribution in [2.24, 2.45) is 0 Å². The van der Waals surface area contributed by atoms with Crippen LogP contribution in [0.15, 0.2) is 48.7 Å². The van der Waals surface area contributed by atoms with Gasteiger partial charge in [-0.3, -0.25) is 4.57 Å². The predicted octanol–water partition coefficient (Wildman–Crippen LogP) is 4.51. The summed E-state index contributed by atoms with van der Waals surface area (Å²) in [5.74, 6) is -0.458. The molecule has 116 valence electrons. The molecule has 0 aliphatic carbocycles. The number of aryl methyl sites for hydroxylation is 2. The third kappa shape index (κ3) is 2.98. The molecule has 0 atom stereocenters. The van der Waals surface area contributed by atoms with Crippen molar-refractivity contribution in [3.05, 3.63) is 70.5 Å². The maximum Gasteiger partial charge on any atom is 0.356 e. The number of carboxylic acids is 1. The average molecular weight is 327 g/mol. The second-order valence-electron chi connectivity index (χ2n) is 5.43. The largest absolute Gasteiger partial charge is 0.476 e. The quantitative estimate of drug-likeness (QED) is 0.770. The minimum Gasteiger partial charge on any atom is -0.476 e. The first-order chi connectivity index (χ1) is 11.0. The first-order valence-corrected chi connectivity index (χ1v) is 7.50. The van der Waals surface area contributed by atoms with Crippen molar-refractivity contribution in [2.75, 3.05) is 0 Å². The monoisotopic (exact) mass is 326 g/mol. The van der Waals surface area contributed by atoms with Gasteiger partial charge in [0.2, 0.25) is 0 Å². The molecule has 23 heavy (non-hydrogen) atoms. The van der Waals surface area contributed by atoms with Gasteiger partial charge in [-0.15, -0.1) is 0 Å². The van der Waals surface area contributed by atoms with Gasteiger partial charge in [0.1, 0.15) is 5.82 Å². The van der Waals surface area contributed by atoms with Crippen LogP contribution in [0.4, 0.5) is 0 Å². The van der Waals surface area contributed by atoms with Crippen molar-refractivity contribution in [1.82, 2.24) is 9.55 Å². The number of halogens is 1. The van der Waals surface area contributed by atoms with Crippen LogP contribution in [0.1, 0.15) is 21.6 Å². The first kappa shape index (κ1) is 15.3. The standard InChI is InChI=1S/C18H15ClN2O2/c1-11-4-3-5-13(8-11)17-20-15(18(22)23)10-21(17)16-7-6-14(19)9-12(16)2/h3-10H,1-2H3,(H,22,23). The van der Waals surface area contributed by atoms with E-state index in [1.807, 2.05) is 50.2 Å². The lowest BCUT2D eigenvalue weighted by atomic mass is 10.1. The molecule has 0 saturated heterocycles. The highest BCUT2D eigenvalue weighted by molar-refractivity contribution is 6.30. The Bertz CT molecular complexity index is 900. The number of carbonyl (C=O) groups is 1. The summed E-state index contributed by atoms with van der Waals surface area (Å²) in [5, 5.41) is 9.93. The van der Waals surface area contributed by atoms with E-state index in [0.717, 1.165) is 22.4 Å². The lowest BCUT2D eigenvalue weighted by molar-refractivity contribution is 0.0691. The number of rotatable bonds is 3. The molecule has 0 saturated carbocycles. The van der Waals surface area contributed by atoms with Crippen molar-refractivity contribution in [1.29, 1.82) is 0 Å². The van der Waals surface area contributed by atoms with Gasteiger partial charge in [-0.05, 0) is 43.7 Å². The van der Waals surface area contributed by atoms with Gasteiger partial charge in [-0.1, -0.05) is 35.4 Å². The first-order valence-electron chi connectivity index (χ1n) is 7.12. The summed E-state index contributed by atoms with van der Waals surface area (Å²) < 4.78 is 1.80. The van der Waals surface area contributed by atoms with E-state index in [1.54, 1.807) is 10.6 Å². The molecule has 0 aliphatic heterocycles. The second kappa shape index (κ2) is 5.89. The van der Waals surface area contributed by atoms with Crippen LogP contribution < -0.4 is 0 Å². The zero-order valence-electron chi connectivity index (χ0n) is 12.7. The fourth-order valence-corrected chi connectivity index (χ4v) is 2.77. The molecule has 0 bridgehead atoms. The Balaban J connectivity index is 2.25. The molecule has 1 N–H and O–H groups in total. The summed E-state index contributed by atoms with van der Waals surface area (Å²) in [4.78, 5) is 15.6. The highest BCUT2D eigenvalue weighted by Crippen LogP contribution is 2.27. The van der Waals surface area contributed by atoms with E-state index in [-0.39, 0.29) is 5.69 Å². The minimum atomic E-state index is -1.05. The van der Waals surface area contributed by atoms with Crippen LogP contribution in [-0.4, -0.2) is 20.6 Å². The fraction of sp³-hybridized carbons (Fsp3) is 0.111. The maximum absolute atomic E-state index is 11.3. The smallest absolute Gasteiger partial charge is 0.356 e. The van der Waals surface area contributed by atoms with Gasteiger partial charge in [0.25, 0.3) is 0 Å². The van der Waals surface area contributed by atoms with E-state index in [1.165, 1.54) is 6.20 Å². The Labute approximate surface area is 139 Å². The SMILES string of the molecule is Cc1cccc(-c2nc(C(=O)O)cn2-c2ccc(Cl)cc2C)c1. The van der Waals surface area contributed by atoms with Gasteiger partial charge in [0, 0.05) is 16.8 Å². The van der Waals surface area contributed by atoms with Gasteiger partial charge in [0.05, 0.1) is 5.69 Å². The van der Waals surface area contributed by atoms with Crippen LogP contribution in [0.2, 0.25) is 5.02 Å². The highest BCUT2D eigenvalue weighted by atomic mass is 35.5. The van der Waals surface area contributed by atoms with Gasteiger partial charge in [-0.25, -0.2) is 9.78 Å². The molecule has 1 heterocycles. The summed E-state index contributed by atoms with van der Waals surface area (Å²) in [7, 11) is 0. The Morgan fingerprint density at radius 2 is 1.96 bits per heavy atom. The lowest BCUT2D eigenvalue weighted by Gasteiger charge is -2.11. The van der Waals surface area contributed by atoms with Crippen LogP contribution in [0, 0.1) is 13.8 Å². The summed E-state index contributed by atoms with van der Waals surface area (Å²) in [6, 6.07) is 13.3.